The molecule has 4 saturated carbocycles. The summed E-state index contributed by atoms with van der Waals surface area (Å²) in [5.41, 5.74) is 5.46. The summed E-state index contributed by atoms with van der Waals surface area (Å²) in [4.78, 5) is 38.0. The van der Waals surface area contributed by atoms with Crippen molar-refractivity contribution in [3.63, 3.8) is 0 Å². The molecule has 10 rings (SSSR count). The number of hydrogen-bond acceptors (Lipinski definition) is 13. The number of fused-ring (bicyclic) bond motifs is 2. The Kier molecular flexibility index (Phi) is 11.2. The van der Waals surface area contributed by atoms with E-state index in [2.05, 4.69) is 59.0 Å². The van der Waals surface area contributed by atoms with E-state index in [1.165, 1.54) is 6.42 Å². The number of anilines is 4. The molecule has 5 aliphatic rings. The van der Waals surface area contributed by atoms with Gasteiger partial charge in [-0.2, -0.15) is 5.10 Å². The molecule has 4 aliphatic carbocycles. The summed E-state index contributed by atoms with van der Waals surface area (Å²) in [5, 5.41) is 29.0. The highest BCUT2D eigenvalue weighted by Crippen LogP contribution is 2.72. The molecule has 4 fully saturated rings. The summed E-state index contributed by atoms with van der Waals surface area (Å²) in [6, 6.07) is 11.8. The smallest absolute Gasteiger partial charge is 0.355 e. The van der Waals surface area contributed by atoms with E-state index < -0.39 is 5.97 Å². The molecule has 5 heterocycles. The van der Waals surface area contributed by atoms with Gasteiger partial charge in [0.05, 0.1) is 41.8 Å². The lowest BCUT2D eigenvalue weighted by atomic mass is 9.39. The lowest BCUT2D eigenvalue weighted by Gasteiger charge is -2.69. The van der Waals surface area contributed by atoms with Gasteiger partial charge in [0.25, 0.3) is 0 Å². The van der Waals surface area contributed by atoms with E-state index in [0.717, 1.165) is 102 Å². The minimum atomic E-state index is -1.09. The minimum absolute atomic E-state index is 0.00847. The van der Waals surface area contributed by atoms with E-state index in [0.29, 0.717) is 55.8 Å². The van der Waals surface area contributed by atoms with Crippen LogP contribution in [0.3, 0.4) is 0 Å². The van der Waals surface area contributed by atoms with E-state index in [-0.39, 0.29) is 33.3 Å². The normalized spacial score (nSPS) is 25.2. The van der Waals surface area contributed by atoms with Crippen molar-refractivity contribution in [3.8, 4) is 11.1 Å². The number of carboxylic acids is 1. The molecule has 2 atom stereocenters. The molecule has 2 unspecified atom stereocenters. The Balaban J connectivity index is 0.914. The number of ketones is 1. The predicted molar refractivity (Wildman–Crippen MR) is 241 cm³/mol. The highest BCUT2D eigenvalue weighted by molar-refractivity contribution is 7.22. The van der Waals surface area contributed by atoms with Crippen LogP contribution < -0.4 is 10.2 Å². The maximum atomic E-state index is 13.0. The molecule has 0 amide bonds. The zero-order valence-corrected chi connectivity index (χ0v) is 37.7. The number of thiazole rings is 1. The van der Waals surface area contributed by atoms with Gasteiger partial charge in [0, 0.05) is 60.5 Å². The number of nitrogens with zero attached hydrogens (tertiary/aromatic N) is 8. The number of hydrogen-bond donors (Lipinski definition) is 2. The van der Waals surface area contributed by atoms with Gasteiger partial charge < -0.3 is 29.7 Å². The highest BCUT2D eigenvalue weighted by Gasteiger charge is 2.66. The number of para-hydroxylation sites is 1. The fourth-order valence-corrected chi connectivity index (χ4v) is 13.2. The number of Topliss-reactive ketones (excluding diaryl/α,β-unsaturated/α-hetero) is 1. The molecule has 0 radical (unpaired) electrons. The van der Waals surface area contributed by atoms with Crippen molar-refractivity contribution in [2.75, 3.05) is 56.7 Å². The van der Waals surface area contributed by atoms with Crippen LogP contribution in [0.5, 0.6) is 0 Å². The Morgan fingerprint density at radius 2 is 1.71 bits per heavy atom. The van der Waals surface area contributed by atoms with Crippen LogP contribution in [0, 0.1) is 30.1 Å². The number of ether oxygens (including phenoxy) is 2. The number of benzene rings is 1. The van der Waals surface area contributed by atoms with E-state index >= 15 is 0 Å². The summed E-state index contributed by atoms with van der Waals surface area (Å²) in [6.45, 7) is 15.4. The molecule has 15 heteroatoms. The first-order valence-corrected chi connectivity index (χ1v) is 22.9. The Bertz CT molecular complexity index is 2470. The summed E-state index contributed by atoms with van der Waals surface area (Å²) >= 11 is 1.57. The second-order valence-corrected chi connectivity index (χ2v) is 20.6. The molecule has 5 aromatic rings. The van der Waals surface area contributed by atoms with E-state index in [1.807, 2.05) is 48.4 Å². The molecular formula is C47H59N9O5S. The first-order valence-electron chi connectivity index (χ1n) is 22.1. The summed E-state index contributed by atoms with van der Waals surface area (Å²) < 4.78 is 15.9. The van der Waals surface area contributed by atoms with Gasteiger partial charge in [-0.1, -0.05) is 37.3 Å². The average molecular weight is 862 g/mol. The Morgan fingerprint density at radius 1 is 0.935 bits per heavy atom. The molecule has 1 aromatic carbocycles. The van der Waals surface area contributed by atoms with Crippen molar-refractivity contribution in [1.29, 1.82) is 0 Å². The van der Waals surface area contributed by atoms with E-state index in [9.17, 15) is 14.7 Å². The summed E-state index contributed by atoms with van der Waals surface area (Å²) in [6.07, 6.45) is 10.6. The van der Waals surface area contributed by atoms with Crippen molar-refractivity contribution < 1.29 is 24.2 Å². The number of aromatic carboxylic acids is 1. The Morgan fingerprint density at radius 3 is 2.47 bits per heavy atom. The average Bonchev–Trinajstić information content (AvgIpc) is 3.78. The summed E-state index contributed by atoms with van der Waals surface area (Å²) in [5.74, 6) is 0.953. The summed E-state index contributed by atoms with van der Waals surface area (Å²) in [7, 11) is 2.10. The van der Waals surface area contributed by atoms with Gasteiger partial charge in [-0.25, -0.2) is 14.8 Å². The first-order chi connectivity index (χ1) is 29.6. The van der Waals surface area contributed by atoms with Gasteiger partial charge >= 0.3 is 5.97 Å². The Hall–Kier alpha value is -4.83. The number of carbonyl (C=O) groups is 2. The minimum Gasteiger partial charge on any atom is -0.476 e. The zero-order valence-electron chi connectivity index (χ0n) is 36.9. The van der Waals surface area contributed by atoms with Crippen LogP contribution in [-0.4, -0.2) is 104 Å². The number of nitrogens with one attached hydrogen (secondary N) is 1. The monoisotopic (exact) mass is 861 g/mol. The van der Waals surface area contributed by atoms with Gasteiger partial charge in [-0.3, -0.25) is 9.48 Å². The van der Waals surface area contributed by atoms with Crippen LogP contribution in [0.15, 0.2) is 42.6 Å². The van der Waals surface area contributed by atoms with E-state index in [1.54, 1.807) is 18.3 Å². The molecule has 4 bridgehead atoms. The highest BCUT2D eigenvalue weighted by atomic mass is 32.1. The number of carboxylic acid groups (broad SMARTS) is 1. The quantitative estimate of drug-likeness (QED) is 0.0857. The zero-order chi connectivity index (χ0) is 43.4. The van der Waals surface area contributed by atoms with Gasteiger partial charge in [0.1, 0.15) is 11.6 Å². The SMILES string of the molecule is CC(=O)CCOCCN(C)CCOC12CC3(C)CC(C)(CC(Cn4ncc(-c5ccc(N6CCCc7c6nnc(Nc6nc8ccccc8s6)c7C)nc5C(=O)O)c4C)(C3)C1)C2. The van der Waals surface area contributed by atoms with Gasteiger partial charge in [0.15, 0.2) is 22.5 Å². The van der Waals surface area contributed by atoms with Crippen LogP contribution in [0.2, 0.25) is 0 Å². The third-order valence-electron chi connectivity index (χ3n) is 13.9. The predicted octanol–water partition coefficient (Wildman–Crippen LogP) is 8.55. The van der Waals surface area contributed by atoms with Crippen molar-refractivity contribution in [2.24, 2.45) is 16.2 Å². The van der Waals surface area contributed by atoms with Crippen LogP contribution >= 0.6 is 11.3 Å². The number of carbonyl (C=O) groups excluding carboxylic acids is 1. The molecule has 62 heavy (non-hydrogen) atoms. The van der Waals surface area contributed by atoms with Gasteiger partial charge in [0.2, 0.25) is 0 Å². The molecule has 0 saturated heterocycles. The molecular weight excluding hydrogens is 803 g/mol. The second kappa shape index (κ2) is 16.4. The number of aromatic nitrogens is 6. The fourth-order valence-electron chi connectivity index (χ4n) is 12.3. The molecule has 0 spiro atoms. The van der Waals surface area contributed by atoms with Crippen LogP contribution in [0.1, 0.15) is 99.4 Å². The topological polar surface area (TPSA) is 161 Å². The number of rotatable bonds is 17. The number of pyridine rings is 1. The molecule has 14 nitrogen and oxygen atoms in total. The molecule has 1 aliphatic heterocycles. The van der Waals surface area contributed by atoms with Crippen molar-refractivity contribution in [1.82, 2.24) is 34.8 Å². The van der Waals surface area contributed by atoms with Crippen LogP contribution in [-0.2, 0) is 27.2 Å². The standard InChI is InChI=1S/C47H59N9O5S/c1-30(57)15-19-60-20-17-54(6)18-21-61-47-26-44(4)23-45(5,27-47)25-46(24-44,28-47)29-56-32(3)35(22-48-56)34-13-14-38(50-39(34)42(58)59)55-16-9-10-33-31(2)40(52-53-41(33)55)51-43-49-36-11-7-8-12-37(36)62-43/h7-8,11-14,22H,9-10,15-21,23-29H2,1-6H3,(H,58,59)(H,49,51,52). The maximum absolute atomic E-state index is 13.0. The third-order valence-corrected chi connectivity index (χ3v) is 14.8. The van der Waals surface area contributed by atoms with Gasteiger partial charge in [-0.15, -0.1) is 10.2 Å². The van der Waals surface area contributed by atoms with E-state index in [4.69, 9.17) is 24.5 Å². The lowest BCUT2D eigenvalue weighted by Crippen LogP contribution is -2.64. The maximum Gasteiger partial charge on any atom is 0.355 e. The van der Waals surface area contributed by atoms with Crippen LogP contribution in [0.25, 0.3) is 21.3 Å². The number of likely N-dealkylation sites (N-methyl/N-ethyl adjacent to an activating group) is 1. The van der Waals surface area contributed by atoms with Gasteiger partial charge in [-0.05, 0) is 120 Å². The van der Waals surface area contributed by atoms with Crippen molar-refractivity contribution >= 4 is 55.9 Å². The first kappa shape index (κ1) is 42.5. The van der Waals surface area contributed by atoms with Crippen molar-refractivity contribution in [2.45, 2.75) is 105 Å². The lowest BCUT2D eigenvalue weighted by molar-refractivity contribution is -0.248. The van der Waals surface area contributed by atoms with Crippen molar-refractivity contribution in [3.05, 3.63) is 65.1 Å². The molecule has 2 N–H and O–H groups in total. The molecule has 328 valence electrons. The largest absolute Gasteiger partial charge is 0.476 e. The fraction of sp³-hybridized carbons (Fsp3) is 0.553. The third kappa shape index (κ3) is 8.36. The second-order valence-electron chi connectivity index (χ2n) is 19.6. The Labute approximate surface area is 367 Å². The van der Waals surface area contributed by atoms with Crippen LogP contribution in [0.4, 0.5) is 22.6 Å². The molecule has 4 aromatic heterocycles.